The Morgan fingerprint density at radius 3 is 2.19 bits per heavy atom. The summed E-state index contributed by atoms with van der Waals surface area (Å²) < 4.78 is 26.7. The fourth-order valence-corrected chi connectivity index (χ4v) is 3.39. The van der Waals surface area contributed by atoms with Crippen LogP contribution in [0.2, 0.25) is 0 Å². The number of rotatable bonds is 8. The van der Waals surface area contributed by atoms with Crippen LogP contribution in [0.1, 0.15) is 5.56 Å². The Hall–Kier alpha value is -1.38. The second-order valence-corrected chi connectivity index (χ2v) is 7.57. The molecule has 2 heterocycles. The first-order valence-electron chi connectivity index (χ1n) is 10.0. The maximum absolute atomic E-state index is 10.2. The van der Waals surface area contributed by atoms with Gasteiger partial charge in [-0.05, 0) is 24.1 Å². The van der Waals surface area contributed by atoms with Gasteiger partial charge in [0, 0.05) is 0 Å². The van der Waals surface area contributed by atoms with E-state index in [0.29, 0.717) is 6.42 Å². The summed E-state index contributed by atoms with van der Waals surface area (Å²) in [6, 6.07) is 7.37. The molecule has 0 amide bonds. The molecule has 11 nitrogen and oxygen atoms in total. The monoisotopic (exact) mass is 446 g/mol. The molecule has 9 atom stereocenters. The molecule has 2 saturated heterocycles. The first kappa shape index (κ1) is 24.3. The molecule has 1 aromatic carbocycles. The van der Waals surface area contributed by atoms with Crippen LogP contribution in [-0.2, 0) is 25.4 Å². The summed E-state index contributed by atoms with van der Waals surface area (Å²) in [5.74, 6) is 0.727. The highest BCUT2D eigenvalue weighted by atomic mass is 16.7. The molecule has 0 aliphatic carbocycles. The number of ether oxygens (including phenoxy) is 5. The van der Waals surface area contributed by atoms with Crippen molar-refractivity contribution in [3.8, 4) is 5.75 Å². The van der Waals surface area contributed by atoms with Gasteiger partial charge in [0.2, 0.25) is 0 Å². The van der Waals surface area contributed by atoms with E-state index >= 15 is 0 Å². The van der Waals surface area contributed by atoms with Crippen molar-refractivity contribution in [3.05, 3.63) is 29.8 Å². The molecular weight excluding hydrogens is 416 g/mol. The minimum absolute atomic E-state index is 0.180. The molecule has 0 spiro atoms. The van der Waals surface area contributed by atoms with Gasteiger partial charge in [-0.1, -0.05) is 12.1 Å². The maximum Gasteiger partial charge on any atom is 0.186 e. The van der Waals surface area contributed by atoms with Crippen LogP contribution < -0.4 is 4.74 Å². The highest BCUT2D eigenvalue weighted by Gasteiger charge is 2.45. The number of aliphatic hydroxyl groups is 6. The lowest BCUT2D eigenvalue weighted by Gasteiger charge is -2.41. The van der Waals surface area contributed by atoms with Crippen LogP contribution in [-0.4, -0.2) is 113 Å². The Morgan fingerprint density at radius 2 is 1.52 bits per heavy atom. The van der Waals surface area contributed by atoms with Gasteiger partial charge >= 0.3 is 0 Å². The third-order valence-electron chi connectivity index (χ3n) is 5.38. The van der Waals surface area contributed by atoms with Gasteiger partial charge in [-0.2, -0.15) is 0 Å². The van der Waals surface area contributed by atoms with Gasteiger partial charge in [-0.25, -0.2) is 0 Å². The van der Waals surface area contributed by atoms with Crippen LogP contribution in [0.25, 0.3) is 0 Å². The third kappa shape index (κ3) is 5.90. The summed E-state index contributed by atoms with van der Waals surface area (Å²) >= 11 is 0. The van der Waals surface area contributed by atoms with Gasteiger partial charge in [0.15, 0.2) is 12.6 Å². The summed E-state index contributed by atoms with van der Waals surface area (Å²) in [7, 11) is 1.58. The molecule has 0 saturated carbocycles. The first-order chi connectivity index (χ1) is 14.8. The average molecular weight is 446 g/mol. The smallest absolute Gasteiger partial charge is 0.186 e. The Bertz CT molecular complexity index is 672. The second-order valence-electron chi connectivity index (χ2n) is 7.57. The number of aliphatic hydroxyl groups excluding tert-OH is 6. The van der Waals surface area contributed by atoms with Crippen LogP contribution in [0.4, 0.5) is 0 Å². The molecule has 31 heavy (non-hydrogen) atoms. The SMILES string of the molecule is COc1ccc(CCO[C@@H]2O[C@H](CO[C@@H]3OC[C@H](O)[C@H](O)[C@H]3O)[C@@H](O)[C@H](O)[C@H]2O)cc1. The predicted octanol–water partition coefficient (Wildman–Crippen LogP) is -2.48. The molecule has 0 radical (unpaired) electrons. The topological polar surface area (TPSA) is 168 Å². The van der Waals surface area contributed by atoms with E-state index in [1.54, 1.807) is 7.11 Å². The molecule has 0 unspecified atom stereocenters. The Labute approximate surface area is 179 Å². The number of methoxy groups -OCH3 is 1. The molecule has 2 aliphatic heterocycles. The van der Waals surface area contributed by atoms with E-state index in [1.807, 2.05) is 24.3 Å². The highest BCUT2D eigenvalue weighted by molar-refractivity contribution is 5.27. The lowest BCUT2D eigenvalue weighted by molar-refractivity contribution is -0.320. The van der Waals surface area contributed by atoms with Crippen molar-refractivity contribution in [1.29, 1.82) is 0 Å². The Balaban J connectivity index is 1.51. The van der Waals surface area contributed by atoms with Gasteiger partial charge < -0.3 is 54.3 Å². The van der Waals surface area contributed by atoms with Crippen molar-refractivity contribution in [2.24, 2.45) is 0 Å². The van der Waals surface area contributed by atoms with Crippen LogP contribution >= 0.6 is 0 Å². The van der Waals surface area contributed by atoms with Gasteiger partial charge in [-0.3, -0.25) is 0 Å². The minimum atomic E-state index is -1.54. The average Bonchev–Trinajstić information content (AvgIpc) is 2.78. The Kier molecular flexibility index (Phi) is 8.58. The molecule has 0 bridgehead atoms. The number of hydrogen-bond donors (Lipinski definition) is 6. The van der Waals surface area contributed by atoms with Crippen LogP contribution in [0.5, 0.6) is 5.75 Å². The standard InChI is InChI=1S/C20H30O11/c1-27-11-4-2-10(3-5-11)6-7-28-20-18(26)16(24)15(23)13(31-20)9-30-19-17(25)14(22)12(21)8-29-19/h2-5,12-26H,6-9H2,1H3/t12-,13+,14-,15+,16-,17+,18+,19-,20+/m0/s1. The van der Waals surface area contributed by atoms with E-state index < -0.39 is 55.3 Å². The van der Waals surface area contributed by atoms with Crippen molar-refractivity contribution in [2.75, 3.05) is 26.9 Å². The van der Waals surface area contributed by atoms with E-state index in [2.05, 4.69) is 0 Å². The summed E-state index contributed by atoms with van der Waals surface area (Å²) in [6.45, 7) is -0.387. The van der Waals surface area contributed by atoms with Crippen molar-refractivity contribution in [1.82, 2.24) is 0 Å². The maximum atomic E-state index is 10.2. The van der Waals surface area contributed by atoms with Crippen molar-refractivity contribution in [2.45, 2.75) is 61.7 Å². The third-order valence-corrected chi connectivity index (χ3v) is 5.38. The lowest BCUT2D eigenvalue weighted by Crippen LogP contribution is -2.60. The highest BCUT2D eigenvalue weighted by Crippen LogP contribution is 2.24. The van der Waals surface area contributed by atoms with Crippen LogP contribution in [0.15, 0.2) is 24.3 Å². The van der Waals surface area contributed by atoms with Crippen molar-refractivity contribution >= 4 is 0 Å². The van der Waals surface area contributed by atoms with Crippen LogP contribution in [0, 0.1) is 0 Å². The molecule has 0 aromatic heterocycles. The fraction of sp³-hybridized carbons (Fsp3) is 0.700. The quantitative estimate of drug-likeness (QED) is 0.250. The molecule has 2 fully saturated rings. The molecule has 3 rings (SSSR count). The zero-order valence-corrected chi connectivity index (χ0v) is 17.1. The number of hydrogen-bond acceptors (Lipinski definition) is 11. The van der Waals surface area contributed by atoms with Gasteiger partial charge in [0.1, 0.15) is 48.5 Å². The van der Waals surface area contributed by atoms with E-state index in [-0.39, 0.29) is 19.8 Å². The molecule has 1 aromatic rings. The molecule has 176 valence electrons. The van der Waals surface area contributed by atoms with E-state index in [1.165, 1.54) is 0 Å². The molecule has 2 aliphatic rings. The Morgan fingerprint density at radius 1 is 0.839 bits per heavy atom. The summed E-state index contributed by atoms with van der Waals surface area (Å²) in [5, 5.41) is 59.6. The normalized spacial score (nSPS) is 38.7. The number of benzene rings is 1. The zero-order chi connectivity index (χ0) is 22.5. The second kappa shape index (κ2) is 11.0. The lowest BCUT2D eigenvalue weighted by atomic mass is 9.99. The van der Waals surface area contributed by atoms with Crippen molar-refractivity contribution in [3.63, 3.8) is 0 Å². The van der Waals surface area contributed by atoms with Crippen LogP contribution in [0.3, 0.4) is 0 Å². The van der Waals surface area contributed by atoms with Gasteiger partial charge in [0.05, 0.1) is 26.9 Å². The fourth-order valence-electron chi connectivity index (χ4n) is 3.39. The summed E-state index contributed by atoms with van der Waals surface area (Å²) in [5.41, 5.74) is 0.968. The van der Waals surface area contributed by atoms with Crippen molar-refractivity contribution < 1.29 is 54.3 Å². The molecular formula is C20H30O11. The summed E-state index contributed by atoms with van der Waals surface area (Å²) in [6.07, 6.45) is -11.7. The largest absolute Gasteiger partial charge is 0.497 e. The predicted molar refractivity (Wildman–Crippen MR) is 103 cm³/mol. The molecule has 6 N–H and O–H groups in total. The summed E-state index contributed by atoms with van der Waals surface area (Å²) in [4.78, 5) is 0. The van der Waals surface area contributed by atoms with Gasteiger partial charge in [-0.15, -0.1) is 0 Å². The van der Waals surface area contributed by atoms with Gasteiger partial charge in [0.25, 0.3) is 0 Å². The minimum Gasteiger partial charge on any atom is -0.497 e. The first-order valence-corrected chi connectivity index (χ1v) is 10.0. The zero-order valence-electron chi connectivity index (χ0n) is 17.1. The van der Waals surface area contributed by atoms with E-state index in [4.69, 9.17) is 23.7 Å². The van der Waals surface area contributed by atoms with E-state index in [9.17, 15) is 30.6 Å². The molecule has 11 heteroatoms. The van der Waals surface area contributed by atoms with E-state index in [0.717, 1.165) is 11.3 Å².